The normalized spacial score (nSPS) is 33.6. The molecule has 0 bridgehead atoms. The van der Waals surface area contributed by atoms with Crippen LogP contribution >= 0.6 is 0 Å². The third-order valence-corrected chi connectivity index (χ3v) is 2.16. The molecule has 2 N–H and O–H groups in total. The van der Waals surface area contributed by atoms with E-state index in [9.17, 15) is 4.79 Å². The molecule has 0 saturated carbocycles. The largest absolute Gasteiger partial charge is 0.367 e. The SMILES string of the molecule is CC1C(C(N)=O)OCCN1C. The molecule has 1 rings (SSSR count). The van der Waals surface area contributed by atoms with Crippen LogP contribution in [0.4, 0.5) is 0 Å². The highest BCUT2D eigenvalue weighted by Crippen LogP contribution is 2.10. The van der Waals surface area contributed by atoms with Gasteiger partial charge in [0.2, 0.25) is 5.91 Å². The molecule has 0 radical (unpaired) electrons. The number of rotatable bonds is 1. The number of hydrogen-bond acceptors (Lipinski definition) is 3. The van der Waals surface area contributed by atoms with E-state index in [-0.39, 0.29) is 11.9 Å². The molecule has 0 spiro atoms. The first-order valence-corrected chi connectivity index (χ1v) is 3.74. The zero-order chi connectivity index (χ0) is 8.43. The lowest BCUT2D eigenvalue weighted by molar-refractivity contribution is -0.139. The van der Waals surface area contributed by atoms with E-state index < -0.39 is 6.10 Å². The van der Waals surface area contributed by atoms with Gasteiger partial charge in [0.15, 0.2) is 6.10 Å². The highest BCUT2D eigenvalue weighted by Gasteiger charge is 2.30. The van der Waals surface area contributed by atoms with Gasteiger partial charge >= 0.3 is 0 Å². The molecule has 1 fully saturated rings. The average molecular weight is 158 g/mol. The summed E-state index contributed by atoms with van der Waals surface area (Å²) in [6, 6.07) is 0.0984. The molecule has 1 saturated heterocycles. The van der Waals surface area contributed by atoms with Crippen molar-refractivity contribution in [1.82, 2.24) is 4.90 Å². The molecule has 1 aliphatic rings. The molecule has 4 nitrogen and oxygen atoms in total. The summed E-state index contributed by atoms with van der Waals surface area (Å²) in [5.74, 6) is -0.371. The van der Waals surface area contributed by atoms with Gasteiger partial charge in [-0.2, -0.15) is 0 Å². The molecule has 0 aromatic carbocycles. The fourth-order valence-electron chi connectivity index (χ4n) is 1.22. The molecule has 4 heteroatoms. The minimum atomic E-state index is -0.436. The van der Waals surface area contributed by atoms with Crippen LogP contribution < -0.4 is 5.73 Å². The number of amides is 1. The third-order valence-electron chi connectivity index (χ3n) is 2.16. The fraction of sp³-hybridized carbons (Fsp3) is 0.857. The van der Waals surface area contributed by atoms with Crippen LogP contribution in [0.3, 0.4) is 0 Å². The van der Waals surface area contributed by atoms with Gasteiger partial charge < -0.3 is 10.5 Å². The standard InChI is InChI=1S/C7H14N2O2/c1-5-6(7(8)10)11-4-3-9(5)2/h5-6H,3-4H2,1-2H3,(H2,8,10). The lowest BCUT2D eigenvalue weighted by Gasteiger charge is -2.34. The van der Waals surface area contributed by atoms with Crippen molar-refractivity contribution in [3.05, 3.63) is 0 Å². The first-order valence-electron chi connectivity index (χ1n) is 3.74. The average Bonchev–Trinajstić information content (AvgIpc) is 1.94. The zero-order valence-corrected chi connectivity index (χ0v) is 6.91. The van der Waals surface area contributed by atoms with Crippen LogP contribution in [0.15, 0.2) is 0 Å². The Kier molecular flexibility index (Phi) is 2.46. The molecule has 0 aromatic heterocycles. The summed E-state index contributed by atoms with van der Waals surface area (Å²) < 4.78 is 5.21. The number of hydrogen-bond donors (Lipinski definition) is 1. The van der Waals surface area contributed by atoms with Gasteiger partial charge in [0.1, 0.15) is 0 Å². The first kappa shape index (κ1) is 8.49. The maximum atomic E-state index is 10.8. The van der Waals surface area contributed by atoms with Crippen molar-refractivity contribution in [2.75, 3.05) is 20.2 Å². The van der Waals surface area contributed by atoms with Crippen LogP contribution in [-0.2, 0) is 9.53 Å². The summed E-state index contributed by atoms with van der Waals surface area (Å²) in [5, 5.41) is 0. The summed E-state index contributed by atoms with van der Waals surface area (Å²) >= 11 is 0. The molecular formula is C7H14N2O2. The Morgan fingerprint density at radius 2 is 2.36 bits per heavy atom. The van der Waals surface area contributed by atoms with Gasteiger partial charge in [-0.1, -0.05) is 0 Å². The molecule has 0 aliphatic carbocycles. The second-order valence-corrected chi connectivity index (χ2v) is 2.91. The van der Waals surface area contributed by atoms with E-state index in [0.29, 0.717) is 6.61 Å². The van der Waals surface area contributed by atoms with Crippen LogP contribution in [0, 0.1) is 0 Å². The second kappa shape index (κ2) is 3.19. The summed E-state index contributed by atoms with van der Waals surface area (Å²) in [5.41, 5.74) is 5.13. The predicted molar refractivity (Wildman–Crippen MR) is 41.0 cm³/mol. The maximum Gasteiger partial charge on any atom is 0.248 e. The van der Waals surface area contributed by atoms with E-state index in [4.69, 9.17) is 10.5 Å². The van der Waals surface area contributed by atoms with Gasteiger partial charge in [0.05, 0.1) is 6.61 Å². The second-order valence-electron chi connectivity index (χ2n) is 2.91. The van der Waals surface area contributed by atoms with Crippen molar-refractivity contribution in [3.8, 4) is 0 Å². The van der Waals surface area contributed by atoms with Crippen molar-refractivity contribution in [1.29, 1.82) is 0 Å². The number of morpholine rings is 1. The predicted octanol–water partition coefficient (Wildman–Crippen LogP) is -0.809. The number of carbonyl (C=O) groups excluding carboxylic acids is 1. The minimum Gasteiger partial charge on any atom is -0.367 e. The van der Waals surface area contributed by atoms with Gasteiger partial charge in [-0.05, 0) is 14.0 Å². The van der Waals surface area contributed by atoms with Crippen LogP contribution in [-0.4, -0.2) is 43.2 Å². The Hall–Kier alpha value is -0.610. The number of nitrogens with two attached hydrogens (primary N) is 1. The molecule has 11 heavy (non-hydrogen) atoms. The third kappa shape index (κ3) is 1.70. The van der Waals surface area contributed by atoms with Crippen molar-refractivity contribution in [3.63, 3.8) is 0 Å². The molecule has 64 valence electrons. The minimum absolute atomic E-state index is 0.0984. The first-order chi connectivity index (χ1) is 5.13. The topological polar surface area (TPSA) is 55.6 Å². The Bertz CT molecular complexity index is 161. The smallest absolute Gasteiger partial charge is 0.248 e. The molecular weight excluding hydrogens is 144 g/mol. The molecule has 1 amide bonds. The highest BCUT2D eigenvalue weighted by molar-refractivity contribution is 5.79. The number of likely N-dealkylation sites (N-methyl/N-ethyl adjacent to an activating group) is 1. The lowest BCUT2D eigenvalue weighted by Crippen LogP contribution is -2.53. The van der Waals surface area contributed by atoms with Gasteiger partial charge in [-0.25, -0.2) is 0 Å². The monoisotopic (exact) mass is 158 g/mol. The lowest BCUT2D eigenvalue weighted by atomic mass is 10.1. The van der Waals surface area contributed by atoms with E-state index in [1.165, 1.54) is 0 Å². The van der Waals surface area contributed by atoms with Gasteiger partial charge in [-0.3, -0.25) is 9.69 Å². The highest BCUT2D eigenvalue weighted by atomic mass is 16.5. The quantitative estimate of drug-likeness (QED) is 0.543. The number of primary amides is 1. The molecule has 1 aliphatic heterocycles. The van der Waals surface area contributed by atoms with E-state index in [0.717, 1.165) is 6.54 Å². The van der Waals surface area contributed by atoms with Gasteiger partial charge in [-0.15, -0.1) is 0 Å². The van der Waals surface area contributed by atoms with Crippen molar-refractivity contribution < 1.29 is 9.53 Å². The molecule has 2 unspecified atom stereocenters. The van der Waals surface area contributed by atoms with E-state index in [2.05, 4.69) is 4.90 Å². The Balaban J connectivity index is 2.58. The summed E-state index contributed by atoms with van der Waals surface area (Å²) in [6.07, 6.45) is -0.436. The Morgan fingerprint density at radius 3 is 2.82 bits per heavy atom. The van der Waals surface area contributed by atoms with Crippen LogP contribution in [0.25, 0.3) is 0 Å². The number of nitrogens with zero attached hydrogens (tertiary/aromatic N) is 1. The van der Waals surface area contributed by atoms with Crippen LogP contribution in [0.1, 0.15) is 6.92 Å². The number of carbonyl (C=O) groups is 1. The van der Waals surface area contributed by atoms with E-state index in [1.54, 1.807) is 0 Å². The molecule has 0 aromatic rings. The summed E-state index contributed by atoms with van der Waals surface area (Å²) in [7, 11) is 1.96. The summed E-state index contributed by atoms with van der Waals surface area (Å²) in [4.78, 5) is 12.8. The van der Waals surface area contributed by atoms with Crippen molar-refractivity contribution in [2.24, 2.45) is 5.73 Å². The Morgan fingerprint density at radius 1 is 1.73 bits per heavy atom. The van der Waals surface area contributed by atoms with Crippen LogP contribution in [0.2, 0.25) is 0 Å². The molecule has 2 atom stereocenters. The maximum absolute atomic E-state index is 10.8. The Labute approximate surface area is 66.3 Å². The number of ether oxygens (including phenoxy) is 1. The van der Waals surface area contributed by atoms with Crippen LogP contribution in [0.5, 0.6) is 0 Å². The zero-order valence-electron chi connectivity index (χ0n) is 6.91. The van der Waals surface area contributed by atoms with Crippen molar-refractivity contribution >= 4 is 5.91 Å². The van der Waals surface area contributed by atoms with Gasteiger partial charge in [0.25, 0.3) is 0 Å². The van der Waals surface area contributed by atoms with Crippen molar-refractivity contribution in [2.45, 2.75) is 19.1 Å². The fourth-order valence-corrected chi connectivity index (χ4v) is 1.22. The van der Waals surface area contributed by atoms with E-state index >= 15 is 0 Å². The van der Waals surface area contributed by atoms with Gasteiger partial charge in [0, 0.05) is 12.6 Å². The van der Waals surface area contributed by atoms with E-state index in [1.807, 2.05) is 14.0 Å². The summed E-state index contributed by atoms with van der Waals surface area (Å²) in [6.45, 7) is 3.40. The molecule has 1 heterocycles.